The molecular weight excluding hydrogens is 540 g/mol. The Bertz CT molecular complexity index is 1630. The number of thiazole rings is 1. The van der Waals surface area contributed by atoms with Gasteiger partial charge < -0.3 is 19.3 Å². The molecule has 1 atom stereocenters. The van der Waals surface area contributed by atoms with Crippen LogP contribution in [0.15, 0.2) is 66.2 Å². The number of anilines is 1. The van der Waals surface area contributed by atoms with Crippen molar-refractivity contribution in [2.24, 2.45) is 0 Å². The maximum Gasteiger partial charge on any atom is 0.301 e. The molecule has 8 nitrogen and oxygen atoms in total. The first-order valence-corrected chi connectivity index (χ1v) is 14.5. The number of ether oxygens (including phenoxy) is 3. The Kier molecular flexibility index (Phi) is 8.26. The smallest absolute Gasteiger partial charge is 0.301 e. The van der Waals surface area contributed by atoms with E-state index in [1.54, 1.807) is 42.5 Å². The Labute approximate surface area is 242 Å². The Morgan fingerprint density at radius 1 is 0.927 bits per heavy atom. The number of amides is 1. The molecule has 3 aromatic carbocycles. The van der Waals surface area contributed by atoms with Gasteiger partial charge in [0.05, 0.1) is 41.7 Å². The van der Waals surface area contributed by atoms with Crippen molar-refractivity contribution in [1.82, 2.24) is 4.98 Å². The normalized spacial score (nSPS) is 16.4. The average Bonchev–Trinajstić information content (AvgIpc) is 3.50. The van der Waals surface area contributed by atoms with E-state index in [-0.39, 0.29) is 11.3 Å². The summed E-state index contributed by atoms with van der Waals surface area (Å²) in [6.45, 7) is 9.16. The van der Waals surface area contributed by atoms with Gasteiger partial charge in [-0.3, -0.25) is 14.5 Å². The highest BCUT2D eigenvalue weighted by molar-refractivity contribution is 7.22. The van der Waals surface area contributed by atoms with Crippen LogP contribution >= 0.6 is 11.3 Å². The Morgan fingerprint density at radius 3 is 2.37 bits per heavy atom. The summed E-state index contributed by atoms with van der Waals surface area (Å²) in [6.07, 6.45) is 0.863. The lowest BCUT2D eigenvalue weighted by molar-refractivity contribution is -0.132. The molecule has 1 aliphatic rings. The van der Waals surface area contributed by atoms with Crippen LogP contribution in [0.5, 0.6) is 17.2 Å². The monoisotopic (exact) mass is 572 g/mol. The van der Waals surface area contributed by atoms with Crippen LogP contribution < -0.4 is 19.1 Å². The third-order valence-corrected chi connectivity index (χ3v) is 7.68. The largest absolute Gasteiger partial charge is 0.507 e. The second-order valence-corrected chi connectivity index (χ2v) is 10.6. The van der Waals surface area contributed by atoms with Crippen LogP contribution in [0.1, 0.15) is 49.9 Å². The van der Waals surface area contributed by atoms with E-state index in [1.165, 1.54) is 16.2 Å². The maximum absolute atomic E-state index is 13.7. The number of hydrogen-bond donors (Lipinski definition) is 1. The first kappa shape index (κ1) is 28.2. The zero-order valence-corrected chi connectivity index (χ0v) is 24.3. The fraction of sp³-hybridized carbons (Fsp3) is 0.281. The number of carbonyl (C=O) groups is 2. The number of hydrogen-bond acceptors (Lipinski definition) is 8. The van der Waals surface area contributed by atoms with Crippen molar-refractivity contribution in [3.63, 3.8) is 0 Å². The fourth-order valence-electron chi connectivity index (χ4n) is 4.79. The van der Waals surface area contributed by atoms with Gasteiger partial charge in [-0.05, 0) is 86.8 Å². The second-order valence-electron chi connectivity index (χ2n) is 9.58. The van der Waals surface area contributed by atoms with E-state index in [0.29, 0.717) is 53.3 Å². The molecule has 1 amide bonds. The van der Waals surface area contributed by atoms with Gasteiger partial charge in [0.15, 0.2) is 16.6 Å². The molecule has 1 N–H and O–H groups in total. The van der Waals surface area contributed by atoms with Crippen molar-refractivity contribution >= 4 is 44.1 Å². The van der Waals surface area contributed by atoms with Gasteiger partial charge in [-0.15, -0.1) is 0 Å². The number of aliphatic hydroxyl groups excluding tert-OH is 1. The summed E-state index contributed by atoms with van der Waals surface area (Å²) < 4.78 is 18.1. The highest BCUT2D eigenvalue weighted by atomic mass is 32.1. The van der Waals surface area contributed by atoms with Gasteiger partial charge in [-0.25, -0.2) is 4.98 Å². The molecule has 5 rings (SSSR count). The van der Waals surface area contributed by atoms with Crippen LogP contribution in [0.3, 0.4) is 0 Å². The minimum atomic E-state index is -0.942. The molecular formula is C32H32N2O6S. The van der Waals surface area contributed by atoms with E-state index >= 15 is 0 Å². The van der Waals surface area contributed by atoms with Crippen molar-refractivity contribution in [3.8, 4) is 17.2 Å². The van der Waals surface area contributed by atoms with Crippen LogP contribution in [0.4, 0.5) is 5.13 Å². The SMILES string of the molecule is CCCOc1ccc(C(O)=C2C(=O)C(=O)N(c3nc4ccc(C)cc4s3)C2c2ccc(OCC)c(OCC)c2)cc1. The van der Waals surface area contributed by atoms with E-state index in [9.17, 15) is 14.7 Å². The lowest BCUT2D eigenvalue weighted by Crippen LogP contribution is -2.29. The molecule has 1 aromatic heterocycles. The highest BCUT2D eigenvalue weighted by Gasteiger charge is 2.48. The minimum Gasteiger partial charge on any atom is -0.507 e. The number of nitrogens with zero attached hydrogens (tertiary/aromatic N) is 2. The molecule has 0 spiro atoms. The number of Topliss-reactive ketones (excluding diaryl/α,β-unsaturated/α-hetero) is 1. The Morgan fingerprint density at radius 2 is 1.66 bits per heavy atom. The zero-order chi connectivity index (χ0) is 29.1. The Hall–Kier alpha value is -4.37. The molecule has 41 heavy (non-hydrogen) atoms. The first-order chi connectivity index (χ1) is 19.9. The molecule has 0 radical (unpaired) electrons. The number of aromatic nitrogens is 1. The molecule has 1 fully saturated rings. The van der Waals surface area contributed by atoms with Gasteiger partial charge in [-0.1, -0.05) is 30.4 Å². The minimum absolute atomic E-state index is 0.0285. The molecule has 1 unspecified atom stereocenters. The van der Waals surface area contributed by atoms with Gasteiger partial charge in [0.25, 0.3) is 5.78 Å². The van der Waals surface area contributed by atoms with Crippen LogP contribution in [0, 0.1) is 6.92 Å². The number of fused-ring (bicyclic) bond motifs is 1. The van der Waals surface area contributed by atoms with Gasteiger partial charge in [0.2, 0.25) is 0 Å². The van der Waals surface area contributed by atoms with Crippen molar-refractivity contribution in [2.45, 2.75) is 40.2 Å². The summed E-state index contributed by atoms with van der Waals surface area (Å²) in [6, 6.07) is 17.0. The van der Waals surface area contributed by atoms with E-state index < -0.39 is 17.7 Å². The van der Waals surface area contributed by atoms with Crippen molar-refractivity contribution < 1.29 is 28.9 Å². The fourth-order valence-corrected chi connectivity index (χ4v) is 5.88. The lowest BCUT2D eigenvalue weighted by atomic mass is 9.95. The highest BCUT2D eigenvalue weighted by Crippen LogP contribution is 2.46. The number of ketones is 1. The van der Waals surface area contributed by atoms with E-state index in [1.807, 2.05) is 45.9 Å². The summed E-state index contributed by atoms with van der Waals surface area (Å²) in [5.41, 5.74) is 2.73. The number of aryl methyl sites for hydroxylation is 1. The Balaban J connectivity index is 1.68. The maximum atomic E-state index is 13.7. The third-order valence-electron chi connectivity index (χ3n) is 6.67. The first-order valence-electron chi connectivity index (χ1n) is 13.7. The van der Waals surface area contributed by atoms with Crippen LogP contribution in [0.2, 0.25) is 0 Å². The van der Waals surface area contributed by atoms with Crippen molar-refractivity contribution in [1.29, 1.82) is 0 Å². The summed E-state index contributed by atoms with van der Waals surface area (Å²) in [7, 11) is 0. The topological polar surface area (TPSA) is 98.2 Å². The van der Waals surface area contributed by atoms with Crippen molar-refractivity contribution in [3.05, 3.63) is 82.9 Å². The molecule has 1 saturated heterocycles. The number of benzene rings is 3. The second kappa shape index (κ2) is 12.0. The number of carbonyl (C=O) groups excluding carboxylic acids is 2. The molecule has 0 aliphatic carbocycles. The number of aliphatic hydroxyl groups is 1. The molecule has 0 saturated carbocycles. The standard InChI is InChI=1S/C32H32N2O6S/c1-5-16-40-22-12-9-20(10-13-22)29(35)27-28(21-11-15-24(38-6-2)25(18-21)39-7-3)34(31(37)30(27)36)32-33-23-14-8-19(4)17-26(23)41-32/h8-15,17-18,28,35H,5-7,16H2,1-4H3. The van der Waals surface area contributed by atoms with Gasteiger partial charge in [0.1, 0.15) is 11.5 Å². The van der Waals surface area contributed by atoms with E-state index in [0.717, 1.165) is 22.2 Å². The van der Waals surface area contributed by atoms with Crippen LogP contribution in [-0.2, 0) is 9.59 Å². The summed E-state index contributed by atoms with van der Waals surface area (Å²) in [4.78, 5) is 33.4. The molecule has 9 heteroatoms. The molecule has 2 heterocycles. The van der Waals surface area contributed by atoms with Crippen molar-refractivity contribution in [2.75, 3.05) is 24.7 Å². The van der Waals surface area contributed by atoms with E-state index in [2.05, 4.69) is 0 Å². The molecule has 1 aliphatic heterocycles. The quantitative estimate of drug-likeness (QED) is 0.127. The average molecular weight is 573 g/mol. The zero-order valence-electron chi connectivity index (χ0n) is 23.5. The summed E-state index contributed by atoms with van der Waals surface area (Å²) >= 11 is 1.32. The summed E-state index contributed by atoms with van der Waals surface area (Å²) in [5.74, 6) is -0.147. The third kappa shape index (κ3) is 5.50. The van der Waals surface area contributed by atoms with Gasteiger partial charge in [-0.2, -0.15) is 0 Å². The predicted octanol–water partition coefficient (Wildman–Crippen LogP) is 6.82. The molecule has 0 bridgehead atoms. The molecule has 212 valence electrons. The van der Waals surface area contributed by atoms with E-state index in [4.69, 9.17) is 19.2 Å². The molecule has 4 aromatic rings. The summed E-state index contributed by atoms with van der Waals surface area (Å²) in [5, 5.41) is 11.9. The van der Waals surface area contributed by atoms with Crippen LogP contribution in [0.25, 0.3) is 16.0 Å². The lowest BCUT2D eigenvalue weighted by Gasteiger charge is -2.24. The number of rotatable bonds is 10. The predicted molar refractivity (Wildman–Crippen MR) is 160 cm³/mol. The van der Waals surface area contributed by atoms with Gasteiger partial charge >= 0.3 is 5.91 Å². The van der Waals surface area contributed by atoms with Gasteiger partial charge in [0, 0.05) is 5.56 Å². The van der Waals surface area contributed by atoms with Crippen LogP contribution in [-0.4, -0.2) is 41.6 Å².